The van der Waals surface area contributed by atoms with Crippen molar-refractivity contribution in [2.24, 2.45) is 0 Å². The van der Waals surface area contributed by atoms with E-state index >= 15 is 0 Å². The smallest absolute Gasteiger partial charge is 0.251 e. The summed E-state index contributed by atoms with van der Waals surface area (Å²) in [6.07, 6.45) is 8.33. The summed E-state index contributed by atoms with van der Waals surface area (Å²) in [5.74, 6) is -0.259. The fourth-order valence-electron chi connectivity index (χ4n) is 5.55. The monoisotopic (exact) mass is 496 g/mol. The van der Waals surface area contributed by atoms with Crippen molar-refractivity contribution >= 4 is 17.8 Å². The quantitative estimate of drug-likeness (QED) is 0.452. The van der Waals surface area contributed by atoms with Crippen molar-refractivity contribution in [1.82, 2.24) is 25.5 Å². The second-order valence-corrected chi connectivity index (χ2v) is 9.86. The lowest BCUT2D eigenvalue weighted by molar-refractivity contribution is -0.132. The molecule has 2 heterocycles. The van der Waals surface area contributed by atoms with Gasteiger partial charge in [0.2, 0.25) is 5.91 Å². The van der Waals surface area contributed by atoms with Gasteiger partial charge >= 0.3 is 0 Å². The van der Waals surface area contributed by atoms with Gasteiger partial charge in [-0.15, -0.1) is 0 Å². The highest BCUT2D eigenvalue weighted by molar-refractivity contribution is 6.00. The van der Waals surface area contributed by atoms with E-state index in [4.69, 9.17) is 5.41 Å². The maximum absolute atomic E-state index is 13.5. The van der Waals surface area contributed by atoms with Crippen LogP contribution in [-0.2, 0) is 11.2 Å². The number of amides is 2. The number of hydrogen-bond donors (Lipinski definition) is 3. The van der Waals surface area contributed by atoms with E-state index in [-0.39, 0.29) is 30.2 Å². The summed E-state index contributed by atoms with van der Waals surface area (Å²) in [7, 11) is 0. The van der Waals surface area contributed by atoms with E-state index < -0.39 is 11.6 Å². The lowest BCUT2D eigenvalue weighted by atomic mass is 9.85. The lowest BCUT2D eigenvalue weighted by Gasteiger charge is -2.44. The maximum Gasteiger partial charge on any atom is 0.251 e. The summed E-state index contributed by atoms with van der Waals surface area (Å²) in [6, 6.07) is 14.8. The second kappa shape index (κ2) is 10.1. The largest absolute Gasteiger partial charge is 0.350 e. The molecule has 5 rings (SSSR count). The van der Waals surface area contributed by atoms with Crippen LogP contribution in [-0.4, -0.2) is 38.2 Å². The summed E-state index contributed by atoms with van der Waals surface area (Å²) in [5, 5.41) is 15.3. The van der Waals surface area contributed by atoms with Crippen LogP contribution in [0.3, 0.4) is 0 Å². The van der Waals surface area contributed by atoms with Crippen molar-refractivity contribution < 1.29 is 9.59 Å². The molecule has 1 fully saturated rings. The van der Waals surface area contributed by atoms with Crippen LogP contribution in [0.2, 0.25) is 0 Å². The number of carbonyl (C=O) groups is 2. The topological polar surface area (TPSA) is 111 Å². The highest BCUT2D eigenvalue weighted by Gasteiger charge is 2.42. The molecular weight excluding hydrogens is 464 g/mol. The van der Waals surface area contributed by atoms with E-state index in [0.717, 1.165) is 31.2 Å². The third-order valence-electron chi connectivity index (χ3n) is 7.79. The van der Waals surface area contributed by atoms with Crippen LogP contribution in [0.4, 0.5) is 0 Å². The van der Waals surface area contributed by atoms with Crippen LogP contribution in [0.1, 0.15) is 84.2 Å². The van der Waals surface area contributed by atoms with Gasteiger partial charge in [0.1, 0.15) is 6.33 Å². The zero-order valence-electron chi connectivity index (χ0n) is 21.2. The molecule has 3 aromatic rings. The van der Waals surface area contributed by atoms with E-state index in [1.54, 1.807) is 24.5 Å². The SMILES string of the molecule is CCC1(CC)CC(=O)N(C(c2cncnc2)c2cccc(C(=O)N[C@H]3CCc4ccccc43)c2)C(=N)N1. The zero-order valence-corrected chi connectivity index (χ0v) is 21.2. The second-order valence-electron chi connectivity index (χ2n) is 9.86. The van der Waals surface area contributed by atoms with E-state index in [1.165, 1.54) is 22.4 Å². The third kappa shape index (κ3) is 4.71. The number of nitrogens with one attached hydrogen (secondary N) is 3. The first kappa shape index (κ1) is 24.6. The van der Waals surface area contributed by atoms with E-state index in [0.29, 0.717) is 11.1 Å². The molecule has 8 heteroatoms. The van der Waals surface area contributed by atoms with Crippen molar-refractivity contribution in [2.75, 3.05) is 0 Å². The molecule has 8 nitrogen and oxygen atoms in total. The van der Waals surface area contributed by atoms with Crippen LogP contribution in [0, 0.1) is 5.41 Å². The standard InChI is InChI=1S/C29H32N6O2/c1-3-29(4-2)15-25(36)35(28(30)34-29)26(22-16-31-18-32-17-22)20-9-7-10-21(14-20)27(37)33-24-13-12-19-8-5-6-11-23(19)24/h5-11,14,16-18,24,26H,3-4,12-13,15H2,1-2H3,(H2,30,34)(H,33,37)/t24-,26?/m0/s1. The molecule has 2 aliphatic rings. The van der Waals surface area contributed by atoms with Gasteiger partial charge < -0.3 is 10.6 Å². The molecule has 0 radical (unpaired) electrons. The Kier molecular flexibility index (Phi) is 6.74. The van der Waals surface area contributed by atoms with E-state index in [9.17, 15) is 9.59 Å². The maximum atomic E-state index is 13.5. The first-order chi connectivity index (χ1) is 17.9. The van der Waals surface area contributed by atoms with E-state index in [2.05, 4.69) is 32.7 Å². The van der Waals surface area contributed by atoms with Crippen LogP contribution >= 0.6 is 0 Å². The van der Waals surface area contributed by atoms with Gasteiger partial charge in [-0.25, -0.2) is 9.97 Å². The normalized spacial score (nSPS) is 19.2. The number of nitrogens with zero attached hydrogens (tertiary/aromatic N) is 3. The summed E-state index contributed by atoms with van der Waals surface area (Å²) in [6.45, 7) is 4.06. The number of hydrogen-bond acceptors (Lipinski definition) is 5. The molecule has 0 bridgehead atoms. The van der Waals surface area contributed by atoms with Gasteiger partial charge in [0, 0.05) is 29.1 Å². The predicted octanol–water partition coefficient (Wildman–Crippen LogP) is 4.30. The first-order valence-corrected chi connectivity index (χ1v) is 12.9. The van der Waals surface area contributed by atoms with Crippen LogP contribution in [0.5, 0.6) is 0 Å². The summed E-state index contributed by atoms with van der Waals surface area (Å²) in [4.78, 5) is 36.6. The van der Waals surface area contributed by atoms with Gasteiger partial charge in [0.25, 0.3) is 5.91 Å². The molecule has 1 aromatic heterocycles. The summed E-state index contributed by atoms with van der Waals surface area (Å²) >= 11 is 0. The van der Waals surface area contributed by atoms with Crippen molar-refractivity contribution in [3.8, 4) is 0 Å². The Balaban J connectivity index is 1.46. The molecule has 1 unspecified atom stereocenters. The van der Waals surface area contributed by atoms with Crippen LogP contribution in [0.25, 0.3) is 0 Å². The molecule has 37 heavy (non-hydrogen) atoms. The molecule has 0 saturated carbocycles. The average molecular weight is 497 g/mol. The van der Waals surface area contributed by atoms with Gasteiger partial charge in [-0.05, 0) is 54.5 Å². The van der Waals surface area contributed by atoms with Crippen LogP contribution < -0.4 is 10.6 Å². The van der Waals surface area contributed by atoms with Crippen molar-refractivity contribution in [2.45, 2.75) is 63.6 Å². The summed E-state index contributed by atoms with van der Waals surface area (Å²) in [5.41, 5.74) is 3.90. The molecule has 1 saturated heterocycles. The van der Waals surface area contributed by atoms with Gasteiger partial charge in [-0.2, -0.15) is 0 Å². The number of benzene rings is 2. The van der Waals surface area contributed by atoms with Gasteiger partial charge in [-0.3, -0.25) is 19.9 Å². The molecule has 1 aliphatic carbocycles. The number of fused-ring (bicyclic) bond motifs is 1. The molecule has 3 N–H and O–H groups in total. The molecule has 2 aromatic carbocycles. The highest BCUT2D eigenvalue weighted by Crippen LogP contribution is 2.35. The van der Waals surface area contributed by atoms with Crippen molar-refractivity contribution in [3.05, 3.63) is 95.1 Å². The minimum atomic E-state index is -0.639. The number of carbonyl (C=O) groups excluding carboxylic acids is 2. The zero-order chi connectivity index (χ0) is 26.0. The minimum absolute atomic E-state index is 0.0251. The molecule has 1 aliphatic heterocycles. The van der Waals surface area contributed by atoms with Crippen molar-refractivity contribution in [1.29, 1.82) is 5.41 Å². The average Bonchev–Trinajstić information content (AvgIpc) is 3.33. The first-order valence-electron chi connectivity index (χ1n) is 12.9. The fourth-order valence-corrected chi connectivity index (χ4v) is 5.55. The Morgan fingerprint density at radius 3 is 2.62 bits per heavy atom. The fraction of sp³-hybridized carbons (Fsp3) is 0.345. The third-order valence-corrected chi connectivity index (χ3v) is 7.79. The molecular formula is C29H32N6O2. The summed E-state index contributed by atoms with van der Waals surface area (Å²) < 4.78 is 0. The number of rotatable bonds is 7. The minimum Gasteiger partial charge on any atom is -0.350 e. The van der Waals surface area contributed by atoms with Gasteiger partial charge in [0.15, 0.2) is 5.96 Å². The lowest BCUT2D eigenvalue weighted by Crippen LogP contribution is -2.62. The Morgan fingerprint density at radius 2 is 1.89 bits per heavy atom. The Labute approximate surface area is 217 Å². The highest BCUT2D eigenvalue weighted by atomic mass is 16.2. The molecule has 190 valence electrons. The van der Waals surface area contributed by atoms with Crippen molar-refractivity contribution in [3.63, 3.8) is 0 Å². The molecule has 2 amide bonds. The number of guanidine groups is 1. The molecule has 2 atom stereocenters. The Bertz CT molecular complexity index is 1300. The van der Waals surface area contributed by atoms with Crippen LogP contribution in [0.15, 0.2) is 67.3 Å². The predicted molar refractivity (Wildman–Crippen MR) is 141 cm³/mol. The Hall–Kier alpha value is -4.07. The number of aryl methyl sites for hydroxylation is 1. The number of aromatic nitrogens is 2. The van der Waals surface area contributed by atoms with Gasteiger partial charge in [0.05, 0.1) is 18.5 Å². The molecule has 0 spiro atoms. The Morgan fingerprint density at radius 1 is 1.14 bits per heavy atom. The van der Waals surface area contributed by atoms with E-state index in [1.807, 2.05) is 38.1 Å². The van der Waals surface area contributed by atoms with Gasteiger partial charge in [-0.1, -0.05) is 50.2 Å².